The molecule has 6 heteroatoms. The third-order valence-corrected chi connectivity index (χ3v) is 4.52. The van der Waals surface area contributed by atoms with E-state index in [2.05, 4.69) is 0 Å². The fourth-order valence-electron chi connectivity index (χ4n) is 3.00. The number of primary amides is 1. The van der Waals surface area contributed by atoms with Gasteiger partial charge in [0.1, 0.15) is 6.10 Å². The molecule has 1 unspecified atom stereocenters. The summed E-state index contributed by atoms with van der Waals surface area (Å²) in [5.74, 6) is 0.111. The topological polar surface area (TPSA) is 72.6 Å². The predicted molar refractivity (Wildman–Crippen MR) is 78.0 cm³/mol. The number of nitrogens with two attached hydrogens (primary N) is 1. The minimum atomic E-state index is -0.784. The SMILES string of the molecule is NC(=O)OC1CCN(C(=O)C2(c3ccc(Cl)cc3)CC2)C1. The highest BCUT2D eigenvalue weighted by Crippen LogP contribution is 2.50. The number of ether oxygens (including phenoxy) is 1. The van der Waals surface area contributed by atoms with Gasteiger partial charge in [0.2, 0.25) is 5.91 Å². The van der Waals surface area contributed by atoms with E-state index in [-0.39, 0.29) is 12.0 Å². The van der Waals surface area contributed by atoms with E-state index < -0.39 is 11.5 Å². The van der Waals surface area contributed by atoms with Crippen molar-refractivity contribution in [2.45, 2.75) is 30.8 Å². The minimum absolute atomic E-state index is 0.111. The van der Waals surface area contributed by atoms with Crippen LogP contribution in [0.2, 0.25) is 5.02 Å². The van der Waals surface area contributed by atoms with E-state index in [1.54, 1.807) is 4.90 Å². The Labute approximate surface area is 128 Å². The van der Waals surface area contributed by atoms with Crippen molar-refractivity contribution in [3.8, 4) is 0 Å². The molecule has 2 fully saturated rings. The lowest BCUT2D eigenvalue weighted by Crippen LogP contribution is -2.38. The van der Waals surface area contributed by atoms with E-state index in [1.807, 2.05) is 24.3 Å². The Kier molecular flexibility index (Phi) is 3.53. The second-order valence-electron chi connectivity index (χ2n) is 5.69. The van der Waals surface area contributed by atoms with E-state index in [0.717, 1.165) is 18.4 Å². The number of hydrogen-bond donors (Lipinski definition) is 1. The van der Waals surface area contributed by atoms with Crippen molar-refractivity contribution in [1.82, 2.24) is 4.90 Å². The second kappa shape index (κ2) is 5.22. The lowest BCUT2D eigenvalue weighted by atomic mass is 9.94. The average molecular weight is 309 g/mol. The van der Waals surface area contributed by atoms with Gasteiger partial charge in [-0.2, -0.15) is 0 Å². The van der Waals surface area contributed by atoms with Crippen LogP contribution in [0, 0.1) is 0 Å². The molecule has 5 nitrogen and oxygen atoms in total. The van der Waals surface area contributed by atoms with Crippen molar-refractivity contribution >= 4 is 23.6 Å². The normalized spacial score (nSPS) is 22.9. The lowest BCUT2D eigenvalue weighted by Gasteiger charge is -2.23. The molecule has 1 aliphatic heterocycles. The summed E-state index contributed by atoms with van der Waals surface area (Å²) < 4.78 is 4.97. The summed E-state index contributed by atoms with van der Waals surface area (Å²) in [5.41, 5.74) is 5.62. The van der Waals surface area contributed by atoms with Gasteiger partial charge in [-0.1, -0.05) is 23.7 Å². The minimum Gasteiger partial charge on any atom is -0.444 e. The number of benzene rings is 1. The van der Waals surface area contributed by atoms with Crippen molar-refractivity contribution in [3.05, 3.63) is 34.9 Å². The van der Waals surface area contributed by atoms with Gasteiger partial charge in [0, 0.05) is 18.0 Å². The Morgan fingerprint density at radius 3 is 2.52 bits per heavy atom. The number of carbonyl (C=O) groups is 2. The van der Waals surface area contributed by atoms with E-state index in [1.165, 1.54) is 0 Å². The number of nitrogens with zero attached hydrogens (tertiary/aromatic N) is 1. The van der Waals surface area contributed by atoms with Gasteiger partial charge >= 0.3 is 6.09 Å². The Bertz CT molecular complexity index is 569. The van der Waals surface area contributed by atoms with Crippen LogP contribution in [0.25, 0.3) is 0 Å². The molecule has 1 atom stereocenters. The highest BCUT2D eigenvalue weighted by atomic mass is 35.5. The summed E-state index contributed by atoms with van der Waals surface area (Å²) in [4.78, 5) is 25.3. The highest BCUT2D eigenvalue weighted by Gasteiger charge is 2.53. The summed E-state index contributed by atoms with van der Waals surface area (Å²) >= 11 is 5.90. The maximum absolute atomic E-state index is 12.8. The van der Waals surface area contributed by atoms with Crippen molar-refractivity contribution < 1.29 is 14.3 Å². The standard InChI is InChI=1S/C15H17ClN2O3/c16-11-3-1-10(2-4-11)15(6-7-15)13(19)18-8-5-12(9-18)21-14(17)20/h1-4,12H,5-9H2,(H2,17,20). The van der Waals surface area contributed by atoms with Crippen LogP contribution in [0.5, 0.6) is 0 Å². The van der Waals surface area contributed by atoms with Crippen molar-refractivity contribution in [1.29, 1.82) is 0 Å². The first-order chi connectivity index (χ1) is 10.0. The third-order valence-electron chi connectivity index (χ3n) is 4.27. The quantitative estimate of drug-likeness (QED) is 0.929. The number of halogens is 1. The van der Waals surface area contributed by atoms with Crippen molar-refractivity contribution in [2.75, 3.05) is 13.1 Å². The van der Waals surface area contributed by atoms with Crippen LogP contribution in [0.1, 0.15) is 24.8 Å². The molecule has 1 aromatic carbocycles. The Hall–Kier alpha value is -1.75. The van der Waals surface area contributed by atoms with Gasteiger partial charge in [-0.05, 0) is 30.5 Å². The zero-order valence-electron chi connectivity index (χ0n) is 11.5. The first-order valence-electron chi connectivity index (χ1n) is 7.03. The molecule has 2 N–H and O–H groups in total. The molecule has 1 aromatic rings. The summed E-state index contributed by atoms with van der Waals surface area (Å²) in [6.07, 6.45) is 1.28. The van der Waals surface area contributed by atoms with E-state index in [4.69, 9.17) is 22.1 Å². The number of carbonyl (C=O) groups excluding carboxylic acids is 2. The van der Waals surface area contributed by atoms with Crippen LogP contribution in [-0.2, 0) is 14.9 Å². The molecule has 1 heterocycles. The zero-order valence-corrected chi connectivity index (χ0v) is 12.3. The molecule has 0 radical (unpaired) electrons. The van der Waals surface area contributed by atoms with Gasteiger partial charge in [-0.25, -0.2) is 4.79 Å². The van der Waals surface area contributed by atoms with Crippen LogP contribution < -0.4 is 5.73 Å². The third kappa shape index (κ3) is 2.70. The summed E-state index contributed by atoms with van der Waals surface area (Å²) in [7, 11) is 0. The predicted octanol–water partition coefficient (Wildman–Crippen LogP) is 2.07. The average Bonchev–Trinajstić information content (AvgIpc) is 3.13. The summed E-state index contributed by atoms with van der Waals surface area (Å²) in [6, 6.07) is 7.46. The van der Waals surface area contributed by atoms with Crippen LogP contribution in [0.15, 0.2) is 24.3 Å². The Morgan fingerprint density at radius 2 is 1.95 bits per heavy atom. The first kappa shape index (κ1) is 14.2. The van der Waals surface area contributed by atoms with Crippen LogP contribution in [0.4, 0.5) is 4.79 Å². The van der Waals surface area contributed by atoms with Crippen LogP contribution in [0.3, 0.4) is 0 Å². The fourth-order valence-corrected chi connectivity index (χ4v) is 3.12. The maximum atomic E-state index is 12.8. The first-order valence-corrected chi connectivity index (χ1v) is 7.40. The monoisotopic (exact) mass is 308 g/mol. The largest absolute Gasteiger partial charge is 0.444 e. The molecule has 112 valence electrons. The summed E-state index contributed by atoms with van der Waals surface area (Å²) in [5, 5.41) is 0.665. The number of amides is 2. The molecule has 1 saturated carbocycles. The Morgan fingerprint density at radius 1 is 1.29 bits per heavy atom. The van der Waals surface area contributed by atoms with Crippen molar-refractivity contribution in [2.24, 2.45) is 5.73 Å². The molecule has 1 aliphatic carbocycles. The number of likely N-dealkylation sites (tertiary alicyclic amines) is 1. The molecule has 2 amide bonds. The van der Waals surface area contributed by atoms with Crippen molar-refractivity contribution in [3.63, 3.8) is 0 Å². The molecule has 1 saturated heterocycles. The van der Waals surface area contributed by atoms with E-state index in [0.29, 0.717) is 24.5 Å². The zero-order chi connectivity index (χ0) is 15.0. The molecule has 0 bridgehead atoms. The molecule has 0 aromatic heterocycles. The van der Waals surface area contributed by atoms with Gasteiger partial charge in [-0.15, -0.1) is 0 Å². The molecule has 2 aliphatic rings. The molecule has 21 heavy (non-hydrogen) atoms. The van der Waals surface area contributed by atoms with E-state index >= 15 is 0 Å². The number of rotatable bonds is 3. The lowest BCUT2D eigenvalue weighted by molar-refractivity contribution is -0.133. The Balaban J connectivity index is 1.71. The van der Waals surface area contributed by atoms with Crippen LogP contribution in [-0.4, -0.2) is 36.1 Å². The molecule has 3 rings (SSSR count). The van der Waals surface area contributed by atoms with Crippen LogP contribution >= 0.6 is 11.6 Å². The van der Waals surface area contributed by atoms with Gasteiger partial charge in [0.25, 0.3) is 0 Å². The molecule has 0 spiro atoms. The molecular weight excluding hydrogens is 292 g/mol. The molecular formula is C15H17ClN2O3. The summed E-state index contributed by atoms with van der Waals surface area (Å²) in [6.45, 7) is 1.03. The van der Waals surface area contributed by atoms with E-state index in [9.17, 15) is 9.59 Å². The maximum Gasteiger partial charge on any atom is 0.404 e. The second-order valence-corrected chi connectivity index (χ2v) is 6.12. The van der Waals surface area contributed by atoms with Gasteiger partial charge in [0.15, 0.2) is 0 Å². The van der Waals surface area contributed by atoms with Gasteiger partial charge < -0.3 is 15.4 Å². The highest BCUT2D eigenvalue weighted by molar-refractivity contribution is 6.30. The smallest absolute Gasteiger partial charge is 0.404 e. The van der Waals surface area contributed by atoms with Gasteiger partial charge in [-0.3, -0.25) is 4.79 Å². The number of hydrogen-bond acceptors (Lipinski definition) is 3. The van der Waals surface area contributed by atoms with Gasteiger partial charge in [0.05, 0.1) is 12.0 Å². The fraction of sp³-hybridized carbons (Fsp3) is 0.467.